The summed E-state index contributed by atoms with van der Waals surface area (Å²) in [6.07, 6.45) is 0.106. The van der Waals surface area contributed by atoms with Gasteiger partial charge in [-0.3, -0.25) is 4.90 Å². The van der Waals surface area contributed by atoms with Crippen LogP contribution in [-0.4, -0.2) is 56.3 Å². The van der Waals surface area contributed by atoms with E-state index in [1.165, 1.54) is 4.80 Å². The molecule has 0 bridgehead atoms. The maximum absolute atomic E-state index is 5.80. The van der Waals surface area contributed by atoms with Gasteiger partial charge in [0.05, 0.1) is 26.3 Å². The Hall–Kier alpha value is -0.720. The fourth-order valence-corrected chi connectivity index (χ4v) is 1.94. The van der Waals surface area contributed by atoms with Crippen molar-refractivity contribution < 1.29 is 4.74 Å². The van der Waals surface area contributed by atoms with Crippen LogP contribution in [0.5, 0.6) is 0 Å². The predicted octanol–water partition coefficient (Wildman–Crippen LogP) is 0.0382. The first-order valence-electron chi connectivity index (χ1n) is 5.33. The number of ether oxygens (including phenoxy) is 1. The lowest BCUT2D eigenvalue weighted by Crippen LogP contribution is -2.48. The zero-order valence-corrected chi connectivity index (χ0v) is 10.3. The van der Waals surface area contributed by atoms with Crippen molar-refractivity contribution in [3.05, 3.63) is 5.82 Å². The lowest BCUT2D eigenvalue weighted by Gasteiger charge is -2.36. The molecule has 0 radical (unpaired) electrons. The van der Waals surface area contributed by atoms with Gasteiger partial charge in [0.2, 0.25) is 0 Å². The maximum atomic E-state index is 5.80. The smallest absolute Gasteiger partial charge is 0.188 e. The van der Waals surface area contributed by atoms with E-state index in [4.69, 9.17) is 16.3 Å². The summed E-state index contributed by atoms with van der Waals surface area (Å²) in [5.41, 5.74) is 0. The van der Waals surface area contributed by atoms with E-state index in [0.717, 1.165) is 12.4 Å². The number of aromatic nitrogens is 4. The lowest BCUT2D eigenvalue weighted by molar-refractivity contribution is -0.0519. The normalized spacial score (nSPS) is 27.2. The molecule has 7 heteroatoms. The largest absolute Gasteiger partial charge is 0.374 e. The second kappa shape index (κ2) is 5.07. The number of morpholine rings is 1. The first kappa shape index (κ1) is 11.8. The Kier molecular flexibility index (Phi) is 3.73. The average Bonchev–Trinajstić information content (AvgIpc) is 2.67. The van der Waals surface area contributed by atoms with Crippen LogP contribution < -0.4 is 0 Å². The first-order chi connectivity index (χ1) is 7.69. The molecule has 1 aliphatic heterocycles. The molecule has 2 unspecified atom stereocenters. The number of rotatable bonds is 3. The van der Waals surface area contributed by atoms with Gasteiger partial charge in [-0.25, -0.2) is 0 Å². The summed E-state index contributed by atoms with van der Waals surface area (Å²) >= 11 is 5.80. The molecule has 0 saturated carbocycles. The van der Waals surface area contributed by atoms with Gasteiger partial charge in [-0.1, -0.05) is 0 Å². The van der Waals surface area contributed by atoms with Crippen LogP contribution in [0.15, 0.2) is 0 Å². The van der Waals surface area contributed by atoms with E-state index < -0.39 is 0 Å². The zero-order chi connectivity index (χ0) is 11.5. The van der Waals surface area contributed by atoms with Gasteiger partial charge in [0.25, 0.3) is 0 Å². The lowest BCUT2D eigenvalue weighted by atomic mass is 10.2. The van der Waals surface area contributed by atoms with Gasteiger partial charge < -0.3 is 4.74 Å². The molecule has 0 N–H and O–H groups in total. The maximum Gasteiger partial charge on any atom is 0.188 e. The molecule has 1 aromatic heterocycles. The standard InChI is InChI=1S/C9H16ClN5O/c1-7-6-16-8(3-10)4-15(7)5-9-11-13-14(2)12-9/h7-8H,3-6H2,1-2H3. The van der Waals surface area contributed by atoms with E-state index in [-0.39, 0.29) is 6.10 Å². The van der Waals surface area contributed by atoms with Crippen LogP contribution in [-0.2, 0) is 18.3 Å². The minimum absolute atomic E-state index is 0.106. The Balaban J connectivity index is 1.96. The van der Waals surface area contributed by atoms with Gasteiger partial charge in [0.15, 0.2) is 5.82 Å². The first-order valence-corrected chi connectivity index (χ1v) is 5.87. The molecule has 2 heterocycles. The van der Waals surface area contributed by atoms with Crippen molar-refractivity contribution in [3.63, 3.8) is 0 Å². The van der Waals surface area contributed by atoms with Crippen LogP contribution in [0.4, 0.5) is 0 Å². The average molecular weight is 246 g/mol. The van der Waals surface area contributed by atoms with Crippen LogP contribution in [0.2, 0.25) is 0 Å². The van der Waals surface area contributed by atoms with E-state index >= 15 is 0 Å². The molecule has 6 nitrogen and oxygen atoms in total. The molecule has 0 spiro atoms. The van der Waals surface area contributed by atoms with E-state index in [1.807, 2.05) is 0 Å². The Morgan fingerprint density at radius 3 is 3.00 bits per heavy atom. The monoisotopic (exact) mass is 245 g/mol. The minimum Gasteiger partial charge on any atom is -0.374 e. The number of tetrazole rings is 1. The molecule has 0 aromatic carbocycles. The molecular formula is C9H16ClN5O. The second-order valence-corrected chi connectivity index (χ2v) is 4.39. The molecule has 2 atom stereocenters. The van der Waals surface area contributed by atoms with E-state index in [1.54, 1.807) is 7.05 Å². The molecule has 2 rings (SSSR count). The van der Waals surface area contributed by atoms with Crippen LogP contribution >= 0.6 is 11.6 Å². The topological polar surface area (TPSA) is 56.1 Å². The third-order valence-corrected chi connectivity index (χ3v) is 3.05. The van der Waals surface area contributed by atoms with Crippen molar-refractivity contribution in [3.8, 4) is 0 Å². The van der Waals surface area contributed by atoms with E-state index in [0.29, 0.717) is 25.1 Å². The minimum atomic E-state index is 0.106. The quantitative estimate of drug-likeness (QED) is 0.704. The fraction of sp³-hybridized carbons (Fsp3) is 0.889. The molecule has 1 fully saturated rings. The Bertz CT molecular complexity index is 344. The summed E-state index contributed by atoms with van der Waals surface area (Å²) < 4.78 is 5.58. The summed E-state index contributed by atoms with van der Waals surface area (Å²) in [7, 11) is 1.76. The SMILES string of the molecule is CC1COC(CCl)CN1Cc1nnn(C)n1. The number of alkyl halides is 1. The molecule has 90 valence electrons. The van der Waals surface area contributed by atoms with Crippen molar-refractivity contribution in [1.82, 2.24) is 25.1 Å². The molecule has 0 amide bonds. The van der Waals surface area contributed by atoms with Gasteiger partial charge in [-0.15, -0.1) is 21.8 Å². The third kappa shape index (κ3) is 2.69. The molecule has 1 aromatic rings. The van der Waals surface area contributed by atoms with Crippen molar-refractivity contribution in [2.24, 2.45) is 7.05 Å². The Morgan fingerprint density at radius 2 is 2.38 bits per heavy atom. The van der Waals surface area contributed by atoms with E-state index in [9.17, 15) is 0 Å². The number of halogens is 1. The molecule has 16 heavy (non-hydrogen) atoms. The Labute approximate surface area is 99.5 Å². The number of hydrogen-bond acceptors (Lipinski definition) is 5. The van der Waals surface area contributed by atoms with Gasteiger partial charge >= 0.3 is 0 Å². The third-order valence-electron chi connectivity index (χ3n) is 2.70. The van der Waals surface area contributed by atoms with Gasteiger partial charge in [0, 0.05) is 18.5 Å². The van der Waals surface area contributed by atoms with Crippen LogP contribution in [0.3, 0.4) is 0 Å². The fourth-order valence-electron chi connectivity index (χ4n) is 1.76. The van der Waals surface area contributed by atoms with Gasteiger partial charge in [-0.2, -0.15) is 4.80 Å². The Morgan fingerprint density at radius 1 is 1.56 bits per heavy atom. The predicted molar refractivity (Wildman–Crippen MR) is 59.1 cm³/mol. The number of hydrogen-bond donors (Lipinski definition) is 0. The summed E-state index contributed by atoms with van der Waals surface area (Å²) in [5.74, 6) is 1.27. The molecule has 1 saturated heterocycles. The van der Waals surface area contributed by atoms with Gasteiger partial charge in [-0.05, 0) is 12.1 Å². The highest BCUT2D eigenvalue weighted by Crippen LogP contribution is 2.14. The van der Waals surface area contributed by atoms with Crippen molar-refractivity contribution in [1.29, 1.82) is 0 Å². The van der Waals surface area contributed by atoms with E-state index in [2.05, 4.69) is 27.2 Å². The highest BCUT2D eigenvalue weighted by Gasteiger charge is 2.26. The van der Waals surface area contributed by atoms with Crippen molar-refractivity contribution in [2.45, 2.75) is 25.6 Å². The van der Waals surface area contributed by atoms with Crippen LogP contribution in [0, 0.1) is 0 Å². The number of aryl methyl sites for hydroxylation is 1. The number of nitrogens with zero attached hydrogens (tertiary/aromatic N) is 5. The van der Waals surface area contributed by atoms with Crippen molar-refractivity contribution >= 4 is 11.6 Å². The summed E-state index contributed by atoms with van der Waals surface area (Å²) in [6.45, 7) is 4.35. The molecule has 1 aliphatic rings. The highest BCUT2D eigenvalue weighted by molar-refractivity contribution is 6.18. The zero-order valence-electron chi connectivity index (χ0n) is 9.51. The van der Waals surface area contributed by atoms with Crippen molar-refractivity contribution in [2.75, 3.05) is 19.0 Å². The molecular weight excluding hydrogens is 230 g/mol. The highest BCUT2D eigenvalue weighted by atomic mass is 35.5. The molecule has 0 aliphatic carbocycles. The second-order valence-electron chi connectivity index (χ2n) is 4.08. The van der Waals surface area contributed by atoms with Gasteiger partial charge in [0.1, 0.15) is 0 Å². The summed E-state index contributed by atoms with van der Waals surface area (Å²) in [4.78, 5) is 3.74. The summed E-state index contributed by atoms with van der Waals surface area (Å²) in [6, 6.07) is 0.364. The summed E-state index contributed by atoms with van der Waals surface area (Å²) in [5, 5.41) is 12.0. The van der Waals surface area contributed by atoms with Crippen LogP contribution in [0.1, 0.15) is 12.7 Å². The van der Waals surface area contributed by atoms with Crippen LogP contribution in [0.25, 0.3) is 0 Å².